The number of anilines is 1. The SMILES string of the molecule is Cc1noc(C)c1CN1C[C@H]2N(c3ncccn3)CCC[C@@]2(C(=O)N(C)C)C1.O=C(O)C(F)(F)F. The molecule has 0 radical (unpaired) electrons. The lowest BCUT2D eigenvalue weighted by atomic mass is 9.74. The predicted molar refractivity (Wildman–Crippen MR) is 118 cm³/mol. The van der Waals surface area contributed by atoms with Crippen LogP contribution in [-0.4, -0.2) is 87.9 Å². The molecule has 2 aliphatic rings. The minimum absolute atomic E-state index is 0.0547. The maximum absolute atomic E-state index is 13.4. The summed E-state index contributed by atoms with van der Waals surface area (Å²) in [5.74, 6) is -1.00. The Morgan fingerprint density at radius 2 is 1.89 bits per heavy atom. The number of rotatable bonds is 4. The van der Waals surface area contributed by atoms with Gasteiger partial charge in [-0.1, -0.05) is 5.16 Å². The van der Waals surface area contributed by atoms with Gasteiger partial charge in [0.1, 0.15) is 5.76 Å². The molecule has 1 amide bonds. The number of nitrogens with zero attached hydrogens (tertiary/aromatic N) is 6. The molecule has 0 aromatic carbocycles. The Kier molecular flexibility index (Phi) is 7.68. The number of carbonyl (C=O) groups excluding carboxylic acids is 1. The molecule has 2 aromatic rings. The van der Waals surface area contributed by atoms with E-state index in [9.17, 15) is 18.0 Å². The summed E-state index contributed by atoms with van der Waals surface area (Å²) < 4.78 is 37.1. The molecule has 192 valence electrons. The van der Waals surface area contributed by atoms with Crippen LogP contribution in [0.5, 0.6) is 0 Å². The third kappa shape index (κ3) is 5.55. The third-order valence-corrected chi connectivity index (χ3v) is 6.42. The number of alkyl halides is 3. The van der Waals surface area contributed by atoms with Gasteiger partial charge in [-0.2, -0.15) is 13.2 Å². The Labute approximate surface area is 200 Å². The zero-order valence-corrected chi connectivity index (χ0v) is 20.0. The van der Waals surface area contributed by atoms with Crippen molar-refractivity contribution >= 4 is 17.8 Å². The first-order chi connectivity index (χ1) is 16.4. The van der Waals surface area contributed by atoms with E-state index in [1.807, 2.05) is 34.0 Å². The van der Waals surface area contributed by atoms with E-state index < -0.39 is 17.6 Å². The summed E-state index contributed by atoms with van der Waals surface area (Å²) in [6, 6.07) is 1.88. The van der Waals surface area contributed by atoms with E-state index in [0.29, 0.717) is 5.95 Å². The van der Waals surface area contributed by atoms with Crippen molar-refractivity contribution in [2.75, 3.05) is 38.6 Å². The molecular formula is C22H29F3N6O4. The van der Waals surface area contributed by atoms with E-state index in [1.54, 1.807) is 17.3 Å². The van der Waals surface area contributed by atoms with Gasteiger partial charge in [0.15, 0.2) is 0 Å². The van der Waals surface area contributed by atoms with Crippen LogP contribution < -0.4 is 4.90 Å². The maximum atomic E-state index is 13.4. The standard InChI is InChI=1S/C20H28N6O2.C2HF3O2/c1-14-16(15(2)28-23-14)11-25-12-17-20(13-25,18(27)24(3)4)7-5-10-26(17)19-21-8-6-9-22-19;3-2(4,5)1(6)7/h6,8-9,17H,5,7,10-13H2,1-4H3;(H,6,7)/t17-,20-;/m1./s1. The van der Waals surface area contributed by atoms with Crippen LogP contribution in [0, 0.1) is 19.3 Å². The number of aryl methyl sites for hydroxylation is 2. The molecule has 2 atom stereocenters. The van der Waals surface area contributed by atoms with Crippen molar-refractivity contribution in [3.05, 3.63) is 35.5 Å². The van der Waals surface area contributed by atoms with Crippen molar-refractivity contribution < 1.29 is 32.4 Å². The molecule has 0 saturated carbocycles. The molecular weight excluding hydrogens is 469 g/mol. The lowest BCUT2D eigenvalue weighted by Crippen LogP contribution is -2.58. The molecule has 2 aromatic heterocycles. The first kappa shape index (κ1) is 26.4. The summed E-state index contributed by atoms with van der Waals surface area (Å²) in [7, 11) is 3.70. The number of amides is 1. The highest BCUT2D eigenvalue weighted by atomic mass is 19.4. The molecule has 4 heterocycles. The highest BCUT2D eigenvalue weighted by molar-refractivity contribution is 5.85. The molecule has 35 heavy (non-hydrogen) atoms. The maximum Gasteiger partial charge on any atom is 0.490 e. The zero-order valence-electron chi connectivity index (χ0n) is 20.0. The fourth-order valence-corrected chi connectivity index (χ4v) is 4.86. The average molecular weight is 499 g/mol. The molecule has 1 N–H and O–H groups in total. The van der Waals surface area contributed by atoms with Gasteiger partial charge in [0, 0.05) is 58.2 Å². The van der Waals surface area contributed by atoms with Gasteiger partial charge in [-0.25, -0.2) is 14.8 Å². The number of aromatic nitrogens is 3. The number of fused-ring (bicyclic) bond motifs is 1. The van der Waals surface area contributed by atoms with E-state index in [4.69, 9.17) is 14.4 Å². The van der Waals surface area contributed by atoms with Gasteiger partial charge in [-0.05, 0) is 32.8 Å². The van der Waals surface area contributed by atoms with Crippen LogP contribution in [0.2, 0.25) is 0 Å². The third-order valence-electron chi connectivity index (χ3n) is 6.42. The molecule has 0 bridgehead atoms. The predicted octanol–water partition coefficient (Wildman–Crippen LogP) is 2.27. The number of piperidine rings is 1. The van der Waals surface area contributed by atoms with Crippen LogP contribution >= 0.6 is 0 Å². The van der Waals surface area contributed by atoms with E-state index in [1.165, 1.54) is 0 Å². The number of likely N-dealkylation sites (tertiary alicyclic amines) is 1. The van der Waals surface area contributed by atoms with Gasteiger partial charge >= 0.3 is 12.1 Å². The second-order valence-corrected chi connectivity index (χ2v) is 8.99. The van der Waals surface area contributed by atoms with E-state index in [2.05, 4.69) is 24.9 Å². The van der Waals surface area contributed by atoms with Crippen LogP contribution in [-0.2, 0) is 16.1 Å². The second kappa shape index (κ2) is 10.2. The van der Waals surface area contributed by atoms with Gasteiger partial charge in [0.05, 0.1) is 17.2 Å². The molecule has 10 nitrogen and oxygen atoms in total. The number of aliphatic carboxylic acids is 1. The van der Waals surface area contributed by atoms with Gasteiger partial charge in [0.2, 0.25) is 11.9 Å². The Hall–Kier alpha value is -3.22. The van der Waals surface area contributed by atoms with Crippen LogP contribution in [0.4, 0.5) is 19.1 Å². The van der Waals surface area contributed by atoms with Crippen LogP contribution in [0.3, 0.4) is 0 Å². The van der Waals surface area contributed by atoms with Crippen LogP contribution in [0.25, 0.3) is 0 Å². The van der Waals surface area contributed by atoms with Gasteiger partial charge in [0.25, 0.3) is 0 Å². The van der Waals surface area contributed by atoms with Crippen molar-refractivity contribution in [2.45, 2.75) is 45.5 Å². The summed E-state index contributed by atoms with van der Waals surface area (Å²) in [5, 5.41) is 11.2. The number of carboxylic acids is 1. The largest absolute Gasteiger partial charge is 0.490 e. The summed E-state index contributed by atoms with van der Waals surface area (Å²) in [6.45, 7) is 7.05. The molecule has 0 spiro atoms. The number of carbonyl (C=O) groups is 2. The molecule has 0 aliphatic carbocycles. The Bertz CT molecular complexity index is 1030. The zero-order chi connectivity index (χ0) is 26.0. The molecule has 0 unspecified atom stereocenters. The van der Waals surface area contributed by atoms with Crippen molar-refractivity contribution in [3.63, 3.8) is 0 Å². The van der Waals surface area contributed by atoms with Crippen LogP contribution in [0.1, 0.15) is 29.9 Å². The van der Waals surface area contributed by atoms with Crippen molar-refractivity contribution in [1.29, 1.82) is 0 Å². The summed E-state index contributed by atoms with van der Waals surface area (Å²) >= 11 is 0. The average Bonchev–Trinajstić information content (AvgIpc) is 3.34. The summed E-state index contributed by atoms with van der Waals surface area (Å²) in [5.41, 5.74) is 1.59. The first-order valence-corrected chi connectivity index (χ1v) is 11.1. The van der Waals surface area contributed by atoms with Gasteiger partial charge in [-0.3, -0.25) is 9.69 Å². The number of carboxylic acid groups (broad SMARTS) is 1. The molecule has 2 fully saturated rings. The highest BCUT2D eigenvalue weighted by Gasteiger charge is 2.56. The van der Waals surface area contributed by atoms with Crippen LogP contribution in [0.15, 0.2) is 23.0 Å². The van der Waals surface area contributed by atoms with Gasteiger partial charge in [-0.15, -0.1) is 0 Å². The minimum atomic E-state index is -5.08. The monoisotopic (exact) mass is 498 g/mol. The lowest BCUT2D eigenvalue weighted by molar-refractivity contribution is -0.192. The van der Waals surface area contributed by atoms with E-state index >= 15 is 0 Å². The smallest absolute Gasteiger partial charge is 0.475 e. The summed E-state index contributed by atoms with van der Waals surface area (Å²) in [6.07, 6.45) is 0.287. The minimum Gasteiger partial charge on any atom is -0.475 e. The highest BCUT2D eigenvalue weighted by Crippen LogP contribution is 2.44. The molecule has 4 rings (SSSR count). The number of halogens is 3. The molecule has 13 heteroatoms. The summed E-state index contributed by atoms with van der Waals surface area (Å²) in [4.78, 5) is 37.5. The quantitative estimate of drug-likeness (QED) is 0.678. The van der Waals surface area contributed by atoms with E-state index in [0.717, 1.165) is 56.0 Å². The second-order valence-electron chi connectivity index (χ2n) is 8.99. The first-order valence-electron chi connectivity index (χ1n) is 11.1. The van der Waals surface area contributed by atoms with Crippen molar-refractivity contribution in [1.82, 2.24) is 24.9 Å². The Balaban J connectivity index is 0.000000429. The van der Waals surface area contributed by atoms with Crippen molar-refractivity contribution in [2.24, 2.45) is 5.41 Å². The van der Waals surface area contributed by atoms with E-state index in [-0.39, 0.29) is 11.9 Å². The fraction of sp³-hybridized carbons (Fsp3) is 0.591. The molecule has 2 saturated heterocycles. The fourth-order valence-electron chi connectivity index (χ4n) is 4.86. The topological polar surface area (TPSA) is 116 Å². The lowest BCUT2D eigenvalue weighted by Gasteiger charge is -2.45. The number of hydrogen-bond donors (Lipinski definition) is 1. The normalized spacial score (nSPS) is 22.3. The Morgan fingerprint density at radius 3 is 2.40 bits per heavy atom. The van der Waals surface area contributed by atoms with Crippen molar-refractivity contribution in [3.8, 4) is 0 Å². The number of hydrogen-bond acceptors (Lipinski definition) is 8. The van der Waals surface area contributed by atoms with Gasteiger partial charge < -0.3 is 19.4 Å². The Morgan fingerprint density at radius 1 is 1.26 bits per heavy atom. The molecule has 2 aliphatic heterocycles.